The molecule has 0 aliphatic carbocycles. The number of hydrogen-bond acceptors (Lipinski definition) is 6. The van der Waals surface area contributed by atoms with Gasteiger partial charge in [-0.15, -0.1) is 0 Å². The number of nitrogens with zero attached hydrogens (tertiary/aromatic N) is 6. The second kappa shape index (κ2) is 7.48. The summed E-state index contributed by atoms with van der Waals surface area (Å²) in [5.41, 5.74) is 1.55. The molecule has 0 aliphatic heterocycles. The molecule has 4 aromatic rings. The molecular formula is C18H16N8O. The molecule has 9 nitrogen and oxygen atoms in total. The molecule has 1 amide bonds. The fraction of sp³-hybridized carbons (Fsp3) is 0.0556. The van der Waals surface area contributed by atoms with E-state index in [0.717, 1.165) is 5.69 Å². The zero-order valence-corrected chi connectivity index (χ0v) is 14.2. The molecule has 0 unspecified atom stereocenters. The fourth-order valence-corrected chi connectivity index (χ4v) is 2.48. The van der Waals surface area contributed by atoms with Crippen LogP contribution in [0.5, 0.6) is 0 Å². The second-order valence-corrected chi connectivity index (χ2v) is 5.69. The van der Waals surface area contributed by atoms with Gasteiger partial charge >= 0.3 is 0 Å². The summed E-state index contributed by atoms with van der Waals surface area (Å²) in [6.45, 7) is 0.172. The number of imidazole rings is 1. The summed E-state index contributed by atoms with van der Waals surface area (Å²) in [5.74, 6) is 1.23. The van der Waals surface area contributed by atoms with Gasteiger partial charge in [0.05, 0.1) is 0 Å². The van der Waals surface area contributed by atoms with Crippen molar-refractivity contribution in [1.82, 2.24) is 29.3 Å². The van der Waals surface area contributed by atoms with Crippen molar-refractivity contribution >= 4 is 23.1 Å². The predicted molar refractivity (Wildman–Crippen MR) is 99.7 cm³/mol. The van der Waals surface area contributed by atoms with Crippen LogP contribution in [0.25, 0.3) is 5.82 Å². The van der Waals surface area contributed by atoms with Crippen LogP contribution in [-0.4, -0.2) is 35.2 Å². The Labute approximate surface area is 154 Å². The normalized spacial score (nSPS) is 10.5. The minimum Gasteiger partial charge on any atom is -0.340 e. The Balaban J connectivity index is 1.39. The number of anilines is 3. The predicted octanol–water partition coefficient (Wildman–Crippen LogP) is 2.24. The highest BCUT2D eigenvalue weighted by Crippen LogP contribution is 2.18. The largest absolute Gasteiger partial charge is 0.340 e. The van der Waals surface area contributed by atoms with Crippen molar-refractivity contribution in [2.45, 2.75) is 6.54 Å². The molecule has 0 bridgehead atoms. The molecule has 27 heavy (non-hydrogen) atoms. The Morgan fingerprint density at radius 3 is 2.63 bits per heavy atom. The van der Waals surface area contributed by atoms with Crippen LogP contribution in [0.1, 0.15) is 0 Å². The lowest BCUT2D eigenvalue weighted by atomic mass is 10.2. The van der Waals surface area contributed by atoms with Gasteiger partial charge in [0, 0.05) is 42.2 Å². The highest BCUT2D eigenvalue weighted by Gasteiger charge is 2.05. The molecule has 3 heterocycles. The van der Waals surface area contributed by atoms with E-state index in [4.69, 9.17) is 0 Å². The van der Waals surface area contributed by atoms with Crippen molar-refractivity contribution in [3.8, 4) is 5.82 Å². The summed E-state index contributed by atoms with van der Waals surface area (Å²) >= 11 is 0. The van der Waals surface area contributed by atoms with Gasteiger partial charge in [0.15, 0.2) is 0 Å². The highest BCUT2D eigenvalue weighted by atomic mass is 16.2. The Kier molecular flexibility index (Phi) is 4.56. The van der Waals surface area contributed by atoms with E-state index < -0.39 is 0 Å². The van der Waals surface area contributed by atoms with E-state index >= 15 is 0 Å². The zero-order valence-electron chi connectivity index (χ0n) is 14.2. The van der Waals surface area contributed by atoms with Crippen LogP contribution >= 0.6 is 0 Å². The van der Waals surface area contributed by atoms with Gasteiger partial charge in [0.2, 0.25) is 5.91 Å². The molecule has 0 saturated carbocycles. The number of carbonyl (C=O) groups excluding carboxylic acids is 1. The van der Waals surface area contributed by atoms with E-state index in [1.54, 1.807) is 40.2 Å². The van der Waals surface area contributed by atoms with Gasteiger partial charge in [-0.25, -0.2) is 15.0 Å². The maximum Gasteiger partial charge on any atom is 0.246 e. The van der Waals surface area contributed by atoms with E-state index in [9.17, 15) is 4.79 Å². The lowest BCUT2D eigenvalue weighted by Crippen LogP contribution is -2.18. The first-order chi connectivity index (χ1) is 13.3. The number of hydrogen-bond donors (Lipinski definition) is 2. The lowest BCUT2D eigenvalue weighted by molar-refractivity contribution is -0.116. The van der Waals surface area contributed by atoms with Gasteiger partial charge in [-0.1, -0.05) is 0 Å². The molecule has 0 aliphatic rings. The van der Waals surface area contributed by atoms with Crippen molar-refractivity contribution < 1.29 is 4.79 Å². The molecule has 1 aromatic carbocycles. The van der Waals surface area contributed by atoms with Crippen molar-refractivity contribution in [3.63, 3.8) is 0 Å². The average Bonchev–Trinajstić information content (AvgIpc) is 3.37. The first-order valence-electron chi connectivity index (χ1n) is 8.21. The third-order valence-electron chi connectivity index (χ3n) is 3.73. The van der Waals surface area contributed by atoms with Gasteiger partial charge < -0.3 is 10.6 Å². The van der Waals surface area contributed by atoms with Crippen LogP contribution in [0, 0.1) is 0 Å². The summed E-state index contributed by atoms with van der Waals surface area (Å²) in [6, 6.07) is 11.0. The van der Waals surface area contributed by atoms with Crippen LogP contribution in [0.2, 0.25) is 0 Å². The zero-order chi connectivity index (χ0) is 18.5. The number of nitrogens with one attached hydrogen (secondary N) is 2. The Morgan fingerprint density at radius 1 is 1.04 bits per heavy atom. The Hall–Kier alpha value is -4.01. The maximum absolute atomic E-state index is 12.0. The third-order valence-corrected chi connectivity index (χ3v) is 3.73. The fourth-order valence-electron chi connectivity index (χ4n) is 2.48. The van der Waals surface area contributed by atoms with Gasteiger partial charge in [0.25, 0.3) is 0 Å². The SMILES string of the molecule is O=C(Cn1cccn1)Nc1ccc(Nc2cc(-n3ccnc3)ncn2)cc1. The number of rotatable bonds is 6. The van der Waals surface area contributed by atoms with Gasteiger partial charge in [-0.05, 0) is 30.3 Å². The van der Waals surface area contributed by atoms with Crippen LogP contribution in [0.15, 0.2) is 73.8 Å². The van der Waals surface area contributed by atoms with E-state index in [1.807, 2.05) is 36.5 Å². The van der Waals surface area contributed by atoms with Gasteiger partial charge in [-0.2, -0.15) is 5.10 Å². The highest BCUT2D eigenvalue weighted by molar-refractivity contribution is 5.90. The summed E-state index contributed by atoms with van der Waals surface area (Å²) in [4.78, 5) is 24.4. The summed E-state index contributed by atoms with van der Waals surface area (Å²) in [7, 11) is 0. The van der Waals surface area contributed by atoms with Crippen molar-refractivity contribution in [3.05, 3.63) is 73.8 Å². The van der Waals surface area contributed by atoms with E-state index in [1.165, 1.54) is 6.33 Å². The van der Waals surface area contributed by atoms with Crippen molar-refractivity contribution in [2.24, 2.45) is 0 Å². The molecular weight excluding hydrogens is 344 g/mol. The number of amides is 1. The minimum absolute atomic E-state index is 0.139. The van der Waals surface area contributed by atoms with Crippen molar-refractivity contribution in [1.29, 1.82) is 0 Å². The Morgan fingerprint density at radius 2 is 1.89 bits per heavy atom. The van der Waals surface area contributed by atoms with Crippen LogP contribution < -0.4 is 10.6 Å². The standard InChI is InChI=1S/C18H16N8O/c27-18(11-26-8-1-6-22-26)24-15-4-2-14(3-5-15)23-16-10-17(21-12-20-16)25-9-7-19-13-25/h1-10,12-13H,11H2,(H,24,27)(H,20,21,23). The van der Waals surface area contributed by atoms with E-state index in [2.05, 4.69) is 30.7 Å². The van der Waals surface area contributed by atoms with Gasteiger partial charge in [-0.3, -0.25) is 14.0 Å². The van der Waals surface area contributed by atoms with Crippen LogP contribution in [0.4, 0.5) is 17.2 Å². The first-order valence-corrected chi connectivity index (χ1v) is 8.21. The molecule has 3 aromatic heterocycles. The second-order valence-electron chi connectivity index (χ2n) is 5.69. The summed E-state index contributed by atoms with van der Waals surface area (Å²) < 4.78 is 3.36. The number of benzene rings is 1. The molecule has 0 atom stereocenters. The maximum atomic E-state index is 12.0. The topological polar surface area (TPSA) is 103 Å². The number of aromatic nitrogens is 6. The number of carbonyl (C=O) groups is 1. The van der Waals surface area contributed by atoms with E-state index in [0.29, 0.717) is 17.3 Å². The Bertz CT molecular complexity index is 1010. The van der Waals surface area contributed by atoms with Crippen molar-refractivity contribution in [2.75, 3.05) is 10.6 Å². The molecule has 0 radical (unpaired) electrons. The first kappa shape index (κ1) is 16.5. The summed E-state index contributed by atoms with van der Waals surface area (Å²) in [5, 5.41) is 10.1. The average molecular weight is 360 g/mol. The van der Waals surface area contributed by atoms with Crippen LogP contribution in [0.3, 0.4) is 0 Å². The molecule has 0 fully saturated rings. The summed E-state index contributed by atoms with van der Waals surface area (Å²) in [6.07, 6.45) is 10.0. The van der Waals surface area contributed by atoms with E-state index in [-0.39, 0.29) is 12.5 Å². The van der Waals surface area contributed by atoms with Gasteiger partial charge in [0.1, 0.15) is 30.8 Å². The third kappa shape index (κ3) is 4.15. The molecule has 0 saturated heterocycles. The minimum atomic E-state index is -0.139. The molecule has 0 spiro atoms. The molecule has 4 rings (SSSR count). The molecule has 2 N–H and O–H groups in total. The molecule has 9 heteroatoms. The van der Waals surface area contributed by atoms with Crippen LogP contribution in [-0.2, 0) is 11.3 Å². The monoisotopic (exact) mass is 360 g/mol. The quantitative estimate of drug-likeness (QED) is 0.547. The molecule has 134 valence electrons. The smallest absolute Gasteiger partial charge is 0.246 e. The lowest BCUT2D eigenvalue weighted by Gasteiger charge is -2.09.